The Morgan fingerprint density at radius 1 is 1.10 bits per heavy atom. The van der Waals surface area contributed by atoms with Crippen molar-refractivity contribution in [1.82, 2.24) is 4.90 Å². The number of phenolic OH excluding ortho intramolecular Hbond substituents is 1. The molecule has 2 heterocycles. The Morgan fingerprint density at radius 3 is 2.48 bits per heavy atom. The summed E-state index contributed by atoms with van der Waals surface area (Å²) in [6, 6.07) is 9.40. The minimum atomic E-state index is -0.450. The number of likely N-dealkylation sites (tertiary alicyclic amines) is 1. The van der Waals surface area contributed by atoms with Crippen LogP contribution in [0.1, 0.15) is 40.9 Å². The summed E-state index contributed by atoms with van der Waals surface area (Å²) in [5.74, 6) is 0.462. The largest absolute Gasteiger partial charge is 0.507 e. The van der Waals surface area contributed by atoms with Crippen molar-refractivity contribution >= 4 is 16.9 Å². The van der Waals surface area contributed by atoms with E-state index in [1.807, 2.05) is 0 Å². The summed E-state index contributed by atoms with van der Waals surface area (Å²) in [6.07, 6.45) is 3.47. The fourth-order valence-electron chi connectivity index (χ4n) is 3.90. The molecule has 1 fully saturated rings. The molecule has 7 nitrogen and oxygen atoms in total. The first kappa shape index (κ1) is 20.9. The number of aromatic hydroxyl groups is 1. The van der Waals surface area contributed by atoms with Gasteiger partial charge in [-0.2, -0.15) is 0 Å². The minimum Gasteiger partial charge on any atom is -0.507 e. The number of nitrogens with zero attached hydrogens (tertiary/aromatic N) is 1. The predicted molar refractivity (Wildman–Crippen MR) is 116 cm³/mol. The third-order valence-electron chi connectivity index (χ3n) is 5.59. The van der Waals surface area contributed by atoms with E-state index in [2.05, 4.69) is 9.64 Å². The Bertz CT molecular complexity index is 1160. The van der Waals surface area contributed by atoms with Crippen LogP contribution in [-0.2, 0) is 11.3 Å². The van der Waals surface area contributed by atoms with E-state index in [-0.39, 0.29) is 16.9 Å². The average Bonchev–Trinajstić information content (AvgIpc) is 2.79. The lowest BCUT2D eigenvalue weighted by atomic mass is 10.1. The molecule has 0 saturated carbocycles. The fourth-order valence-corrected chi connectivity index (χ4v) is 3.90. The molecule has 0 spiro atoms. The second-order valence-electron chi connectivity index (χ2n) is 7.71. The molecule has 4 rings (SSSR count). The fraction of sp³-hybridized carbons (Fsp3) is 0.333. The number of carbonyl (C=O) groups excluding carboxylic acids is 1. The average molecular weight is 423 g/mol. The zero-order valence-corrected chi connectivity index (χ0v) is 17.6. The second kappa shape index (κ2) is 8.81. The molecule has 0 radical (unpaired) electrons. The normalized spacial score (nSPS) is 14.5. The first-order chi connectivity index (χ1) is 15.0. The maximum absolute atomic E-state index is 13.2. The second-order valence-corrected chi connectivity index (χ2v) is 7.71. The van der Waals surface area contributed by atoms with E-state index in [1.165, 1.54) is 19.6 Å². The van der Waals surface area contributed by atoms with Gasteiger partial charge in [0.2, 0.25) is 11.2 Å². The summed E-state index contributed by atoms with van der Waals surface area (Å²) >= 11 is 0. The highest BCUT2D eigenvalue weighted by atomic mass is 16.5. The van der Waals surface area contributed by atoms with Crippen LogP contribution in [0.4, 0.5) is 0 Å². The van der Waals surface area contributed by atoms with Gasteiger partial charge < -0.3 is 19.0 Å². The van der Waals surface area contributed by atoms with E-state index in [0.29, 0.717) is 40.2 Å². The molecule has 2 aromatic carbocycles. The Morgan fingerprint density at radius 2 is 1.81 bits per heavy atom. The van der Waals surface area contributed by atoms with Gasteiger partial charge in [-0.25, -0.2) is 4.79 Å². The highest BCUT2D eigenvalue weighted by molar-refractivity contribution is 5.89. The van der Waals surface area contributed by atoms with Crippen LogP contribution in [0.15, 0.2) is 45.6 Å². The Hall–Kier alpha value is -3.32. The molecule has 0 atom stereocenters. The summed E-state index contributed by atoms with van der Waals surface area (Å²) in [4.78, 5) is 27.0. The number of ether oxygens (including phenoxy) is 2. The van der Waals surface area contributed by atoms with Gasteiger partial charge in [-0.15, -0.1) is 0 Å². The number of rotatable bonds is 5. The van der Waals surface area contributed by atoms with Crippen molar-refractivity contribution in [3.05, 3.63) is 63.5 Å². The summed E-state index contributed by atoms with van der Waals surface area (Å²) in [6.45, 7) is 4.11. The summed E-state index contributed by atoms with van der Waals surface area (Å²) < 4.78 is 16.5. The lowest BCUT2D eigenvalue weighted by Gasteiger charge is -2.26. The maximum atomic E-state index is 13.2. The predicted octanol–water partition coefficient (Wildman–Crippen LogP) is 4.37. The van der Waals surface area contributed by atoms with Crippen LogP contribution < -0.4 is 10.2 Å². The molecule has 7 heteroatoms. The highest BCUT2D eigenvalue weighted by Crippen LogP contribution is 2.32. The number of benzene rings is 2. The van der Waals surface area contributed by atoms with Gasteiger partial charge in [0.05, 0.1) is 23.6 Å². The van der Waals surface area contributed by atoms with Crippen LogP contribution in [0.25, 0.3) is 11.0 Å². The van der Waals surface area contributed by atoms with Gasteiger partial charge in [0.1, 0.15) is 22.8 Å². The minimum absolute atomic E-state index is 0.0768. The Labute approximate surface area is 179 Å². The number of hydrogen-bond acceptors (Lipinski definition) is 7. The van der Waals surface area contributed by atoms with Crippen LogP contribution >= 0.6 is 0 Å². The smallest absolute Gasteiger partial charge is 0.337 e. The van der Waals surface area contributed by atoms with Crippen LogP contribution in [-0.4, -0.2) is 36.2 Å². The lowest BCUT2D eigenvalue weighted by Crippen LogP contribution is -2.29. The first-order valence-electron chi connectivity index (χ1n) is 10.3. The molecule has 0 unspecified atom stereocenters. The standard InChI is InChI=1S/C24H25NO6/c1-15-22(31-17-8-6-16(7-9-17)24(28)29-2)21(27)18-10-11-20(26)19(23(18)30-15)14-25-12-4-3-5-13-25/h6-11,26H,3-5,12-14H2,1-2H3. The van der Waals surface area contributed by atoms with Crippen molar-refractivity contribution in [1.29, 1.82) is 0 Å². The van der Waals surface area contributed by atoms with E-state index in [1.54, 1.807) is 37.3 Å². The number of phenols is 1. The lowest BCUT2D eigenvalue weighted by molar-refractivity contribution is 0.0600. The number of fused-ring (bicyclic) bond motifs is 1. The van der Waals surface area contributed by atoms with Gasteiger partial charge in [0.15, 0.2) is 0 Å². The van der Waals surface area contributed by atoms with Gasteiger partial charge in [0, 0.05) is 6.54 Å². The zero-order chi connectivity index (χ0) is 22.0. The number of esters is 1. The van der Waals surface area contributed by atoms with E-state index < -0.39 is 5.97 Å². The van der Waals surface area contributed by atoms with Gasteiger partial charge in [-0.05, 0) is 69.3 Å². The Balaban J connectivity index is 1.69. The van der Waals surface area contributed by atoms with Gasteiger partial charge in [-0.1, -0.05) is 6.42 Å². The van der Waals surface area contributed by atoms with Crippen molar-refractivity contribution in [2.45, 2.75) is 32.7 Å². The monoisotopic (exact) mass is 423 g/mol. The SMILES string of the molecule is COC(=O)c1ccc(Oc2c(C)oc3c(CN4CCCCC4)c(O)ccc3c2=O)cc1. The molecular formula is C24H25NO6. The van der Waals surface area contributed by atoms with Crippen molar-refractivity contribution in [2.24, 2.45) is 0 Å². The third-order valence-corrected chi connectivity index (χ3v) is 5.59. The zero-order valence-electron chi connectivity index (χ0n) is 17.6. The molecule has 162 valence electrons. The molecule has 0 amide bonds. The number of piperidine rings is 1. The number of carbonyl (C=O) groups is 1. The quantitative estimate of drug-likeness (QED) is 0.610. The van der Waals surface area contributed by atoms with Crippen LogP contribution in [0.3, 0.4) is 0 Å². The number of hydrogen-bond donors (Lipinski definition) is 1. The first-order valence-corrected chi connectivity index (χ1v) is 10.3. The van der Waals surface area contributed by atoms with Crippen LogP contribution in [0.2, 0.25) is 0 Å². The molecule has 3 aromatic rings. The van der Waals surface area contributed by atoms with Crippen molar-refractivity contribution < 1.29 is 23.8 Å². The molecular weight excluding hydrogens is 398 g/mol. The highest BCUT2D eigenvalue weighted by Gasteiger charge is 2.21. The van der Waals surface area contributed by atoms with E-state index in [0.717, 1.165) is 25.9 Å². The molecule has 0 aliphatic carbocycles. The number of methoxy groups -OCH3 is 1. The molecule has 1 aliphatic heterocycles. The molecule has 0 bridgehead atoms. The van der Waals surface area contributed by atoms with Crippen LogP contribution in [0, 0.1) is 6.92 Å². The Kier molecular flexibility index (Phi) is 5.95. The summed E-state index contributed by atoms with van der Waals surface area (Å²) in [5.41, 5.74) is 1.08. The number of aryl methyl sites for hydroxylation is 1. The summed E-state index contributed by atoms with van der Waals surface area (Å²) in [7, 11) is 1.31. The van der Waals surface area contributed by atoms with E-state index >= 15 is 0 Å². The van der Waals surface area contributed by atoms with Crippen molar-refractivity contribution in [3.8, 4) is 17.2 Å². The van der Waals surface area contributed by atoms with Gasteiger partial charge in [0.25, 0.3) is 0 Å². The van der Waals surface area contributed by atoms with Crippen molar-refractivity contribution in [3.63, 3.8) is 0 Å². The van der Waals surface area contributed by atoms with E-state index in [9.17, 15) is 14.7 Å². The van der Waals surface area contributed by atoms with Crippen LogP contribution in [0.5, 0.6) is 17.2 Å². The molecule has 31 heavy (non-hydrogen) atoms. The topological polar surface area (TPSA) is 89.2 Å². The molecule has 1 aliphatic rings. The molecule has 1 aromatic heterocycles. The summed E-state index contributed by atoms with van der Waals surface area (Å²) in [5, 5.41) is 10.8. The third kappa shape index (κ3) is 4.27. The van der Waals surface area contributed by atoms with Gasteiger partial charge in [-0.3, -0.25) is 9.69 Å². The maximum Gasteiger partial charge on any atom is 0.337 e. The molecule has 1 N–H and O–H groups in total. The van der Waals surface area contributed by atoms with Gasteiger partial charge >= 0.3 is 5.97 Å². The molecule has 1 saturated heterocycles. The van der Waals surface area contributed by atoms with E-state index in [4.69, 9.17) is 9.15 Å². The van der Waals surface area contributed by atoms with Crippen molar-refractivity contribution in [2.75, 3.05) is 20.2 Å².